The molecule has 0 radical (unpaired) electrons. The normalized spacial score (nSPS) is 11.1. The highest BCUT2D eigenvalue weighted by atomic mass is 32.2. The van der Waals surface area contributed by atoms with Crippen LogP contribution in [0.2, 0.25) is 0 Å². The van der Waals surface area contributed by atoms with E-state index in [0.29, 0.717) is 24.1 Å². The molecule has 0 aliphatic heterocycles. The largest absolute Gasteiger partial charge is 0.383 e. The number of methoxy groups -OCH3 is 1. The molecule has 4 rings (SSSR count). The molecule has 148 valence electrons. The lowest BCUT2D eigenvalue weighted by Crippen LogP contribution is -2.08. The molecular formula is C20H21N7OS. The van der Waals surface area contributed by atoms with Crippen molar-refractivity contribution in [2.45, 2.75) is 17.5 Å². The number of para-hydroxylation sites is 3. The summed E-state index contributed by atoms with van der Waals surface area (Å²) < 4.78 is 7.40. The van der Waals surface area contributed by atoms with Crippen LogP contribution in [0, 0.1) is 0 Å². The molecule has 0 aliphatic carbocycles. The van der Waals surface area contributed by atoms with Gasteiger partial charge in [-0.2, -0.15) is 15.0 Å². The van der Waals surface area contributed by atoms with Crippen molar-refractivity contribution >= 4 is 40.4 Å². The molecule has 0 bridgehead atoms. The van der Waals surface area contributed by atoms with Crippen molar-refractivity contribution in [3.63, 3.8) is 0 Å². The Kier molecular flexibility index (Phi) is 5.87. The Morgan fingerprint density at radius 1 is 1.00 bits per heavy atom. The summed E-state index contributed by atoms with van der Waals surface area (Å²) in [5.41, 5.74) is 8.81. The van der Waals surface area contributed by atoms with Crippen molar-refractivity contribution in [3.8, 4) is 0 Å². The van der Waals surface area contributed by atoms with E-state index in [1.807, 2.05) is 48.5 Å². The van der Waals surface area contributed by atoms with E-state index in [1.165, 1.54) is 0 Å². The molecule has 0 saturated carbocycles. The highest BCUT2D eigenvalue weighted by Crippen LogP contribution is 2.26. The highest BCUT2D eigenvalue weighted by molar-refractivity contribution is 7.98. The molecule has 4 aromatic rings. The molecule has 0 unspecified atom stereocenters. The van der Waals surface area contributed by atoms with Gasteiger partial charge in [-0.05, 0) is 24.3 Å². The number of nitrogens with one attached hydrogen (secondary N) is 1. The van der Waals surface area contributed by atoms with Gasteiger partial charge in [0.25, 0.3) is 0 Å². The lowest BCUT2D eigenvalue weighted by Gasteiger charge is -2.09. The molecule has 8 nitrogen and oxygen atoms in total. The number of nitrogens with zero attached hydrogens (tertiary/aromatic N) is 5. The summed E-state index contributed by atoms with van der Waals surface area (Å²) in [6.07, 6.45) is 0. The number of nitrogens with two attached hydrogens (primary N) is 1. The van der Waals surface area contributed by atoms with Crippen molar-refractivity contribution in [1.82, 2.24) is 24.5 Å². The number of aromatic nitrogens is 5. The van der Waals surface area contributed by atoms with E-state index in [2.05, 4.69) is 30.9 Å². The van der Waals surface area contributed by atoms with Gasteiger partial charge >= 0.3 is 0 Å². The number of imidazole rings is 1. The van der Waals surface area contributed by atoms with Gasteiger partial charge in [-0.3, -0.25) is 0 Å². The highest BCUT2D eigenvalue weighted by Gasteiger charge is 2.13. The topological polar surface area (TPSA) is 104 Å². The minimum Gasteiger partial charge on any atom is -0.383 e. The fourth-order valence-corrected chi connectivity index (χ4v) is 3.80. The smallest absolute Gasteiger partial charge is 0.232 e. The standard InChI is InChI=1S/C20H21N7OS/c1-28-12-11-27-16-10-6-5-9-15(16)23-20(27)29-13-17-24-18(21)26-19(25-17)22-14-7-3-2-4-8-14/h2-10H,11-13H2,1H3,(H3,21,22,24,25,26). The fraction of sp³-hybridized carbons (Fsp3) is 0.200. The molecular weight excluding hydrogens is 386 g/mol. The second-order valence-corrected chi connectivity index (χ2v) is 7.18. The SMILES string of the molecule is COCCn1c(SCc2nc(N)nc(Nc3ccccc3)n2)nc2ccccc21. The Hall–Kier alpha value is -3.17. The molecule has 0 aliphatic rings. The number of thioether (sulfide) groups is 1. The maximum absolute atomic E-state index is 5.89. The van der Waals surface area contributed by atoms with Crippen LogP contribution in [0.4, 0.5) is 17.6 Å². The second-order valence-electron chi connectivity index (χ2n) is 6.24. The summed E-state index contributed by atoms with van der Waals surface area (Å²) >= 11 is 1.56. The Morgan fingerprint density at radius 3 is 2.62 bits per heavy atom. The number of hydrogen-bond acceptors (Lipinski definition) is 8. The Labute approximate surface area is 172 Å². The lowest BCUT2D eigenvalue weighted by molar-refractivity contribution is 0.186. The van der Waals surface area contributed by atoms with Gasteiger partial charge in [-0.1, -0.05) is 42.1 Å². The Morgan fingerprint density at radius 2 is 1.79 bits per heavy atom. The zero-order valence-electron chi connectivity index (χ0n) is 15.9. The quantitative estimate of drug-likeness (QED) is 0.428. The molecule has 29 heavy (non-hydrogen) atoms. The maximum Gasteiger partial charge on any atom is 0.232 e. The van der Waals surface area contributed by atoms with Crippen LogP contribution >= 0.6 is 11.8 Å². The number of hydrogen-bond donors (Lipinski definition) is 2. The first-order valence-electron chi connectivity index (χ1n) is 9.12. The van der Waals surface area contributed by atoms with Gasteiger partial charge in [0, 0.05) is 19.3 Å². The first kappa shape index (κ1) is 19.2. The first-order chi connectivity index (χ1) is 14.2. The summed E-state index contributed by atoms with van der Waals surface area (Å²) in [4.78, 5) is 17.7. The van der Waals surface area contributed by atoms with Crippen molar-refractivity contribution < 1.29 is 4.74 Å². The average Bonchev–Trinajstić information content (AvgIpc) is 3.08. The van der Waals surface area contributed by atoms with Gasteiger partial charge in [0.1, 0.15) is 5.82 Å². The molecule has 0 amide bonds. The van der Waals surface area contributed by atoms with E-state index >= 15 is 0 Å². The van der Waals surface area contributed by atoms with Gasteiger partial charge in [-0.15, -0.1) is 0 Å². The lowest BCUT2D eigenvalue weighted by atomic mass is 10.3. The second kappa shape index (κ2) is 8.89. The number of benzene rings is 2. The number of rotatable bonds is 8. The molecule has 0 fully saturated rings. The third-order valence-electron chi connectivity index (χ3n) is 4.20. The van der Waals surface area contributed by atoms with Crippen molar-refractivity contribution in [2.75, 3.05) is 24.8 Å². The van der Waals surface area contributed by atoms with Crippen LogP contribution in [0.25, 0.3) is 11.0 Å². The van der Waals surface area contributed by atoms with Crippen LogP contribution in [-0.4, -0.2) is 38.2 Å². The number of nitrogen functional groups attached to an aromatic ring is 1. The van der Waals surface area contributed by atoms with E-state index in [0.717, 1.165) is 28.4 Å². The Balaban J connectivity index is 1.54. The van der Waals surface area contributed by atoms with Crippen LogP contribution in [0.3, 0.4) is 0 Å². The van der Waals surface area contributed by atoms with Gasteiger partial charge in [0.2, 0.25) is 11.9 Å². The summed E-state index contributed by atoms with van der Waals surface area (Å²) in [7, 11) is 1.70. The minimum absolute atomic E-state index is 0.182. The summed E-state index contributed by atoms with van der Waals surface area (Å²) in [5, 5.41) is 4.04. The van der Waals surface area contributed by atoms with E-state index < -0.39 is 0 Å². The molecule has 0 spiro atoms. The summed E-state index contributed by atoms with van der Waals surface area (Å²) in [5.74, 6) is 1.72. The molecule has 2 heterocycles. The zero-order chi connectivity index (χ0) is 20.1. The number of anilines is 3. The van der Waals surface area contributed by atoms with Crippen molar-refractivity contribution in [2.24, 2.45) is 0 Å². The van der Waals surface area contributed by atoms with Crippen LogP contribution in [-0.2, 0) is 17.0 Å². The maximum atomic E-state index is 5.89. The first-order valence-corrected chi connectivity index (χ1v) is 10.1. The fourth-order valence-electron chi connectivity index (χ4n) is 2.90. The average molecular weight is 408 g/mol. The Bertz CT molecular complexity index is 1100. The monoisotopic (exact) mass is 407 g/mol. The summed E-state index contributed by atoms with van der Waals surface area (Å²) in [6, 6.07) is 17.8. The van der Waals surface area contributed by atoms with Gasteiger partial charge in [0.15, 0.2) is 5.16 Å². The number of ether oxygens (including phenoxy) is 1. The van der Waals surface area contributed by atoms with Crippen LogP contribution in [0.15, 0.2) is 59.8 Å². The molecule has 2 aromatic carbocycles. The van der Waals surface area contributed by atoms with Crippen LogP contribution in [0.1, 0.15) is 5.82 Å². The van der Waals surface area contributed by atoms with E-state index in [9.17, 15) is 0 Å². The van der Waals surface area contributed by atoms with E-state index in [-0.39, 0.29) is 5.95 Å². The van der Waals surface area contributed by atoms with Gasteiger partial charge in [-0.25, -0.2) is 4.98 Å². The molecule has 0 atom stereocenters. The molecule has 0 saturated heterocycles. The van der Waals surface area contributed by atoms with Crippen LogP contribution < -0.4 is 11.1 Å². The molecule has 2 aromatic heterocycles. The summed E-state index contributed by atoms with van der Waals surface area (Å²) in [6.45, 7) is 1.33. The van der Waals surface area contributed by atoms with E-state index in [1.54, 1.807) is 18.9 Å². The van der Waals surface area contributed by atoms with Crippen molar-refractivity contribution in [3.05, 3.63) is 60.4 Å². The number of fused-ring (bicyclic) bond motifs is 1. The predicted octanol–water partition coefficient (Wildman–Crippen LogP) is 3.49. The van der Waals surface area contributed by atoms with E-state index in [4.69, 9.17) is 15.5 Å². The van der Waals surface area contributed by atoms with Gasteiger partial charge in [0.05, 0.1) is 23.4 Å². The third kappa shape index (κ3) is 4.64. The van der Waals surface area contributed by atoms with Crippen LogP contribution in [0.5, 0.6) is 0 Å². The van der Waals surface area contributed by atoms with Crippen molar-refractivity contribution in [1.29, 1.82) is 0 Å². The van der Waals surface area contributed by atoms with Gasteiger partial charge < -0.3 is 20.4 Å². The minimum atomic E-state index is 0.182. The molecule has 3 N–H and O–H groups in total. The third-order valence-corrected chi connectivity index (χ3v) is 5.17. The molecule has 9 heteroatoms. The predicted molar refractivity (Wildman–Crippen MR) is 115 cm³/mol. The zero-order valence-corrected chi connectivity index (χ0v) is 16.8.